The first-order valence-corrected chi connectivity index (χ1v) is 13.3. The van der Waals surface area contributed by atoms with Crippen LogP contribution in [0.3, 0.4) is 0 Å². The number of allylic oxidation sites excluding steroid dienone is 5. The van der Waals surface area contributed by atoms with Crippen molar-refractivity contribution in [1.82, 2.24) is 0 Å². The molecule has 0 saturated heterocycles. The lowest BCUT2D eigenvalue weighted by molar-refractivity contribution is 0.349. The Labute approximate surface area is 209 Å². The fraction of sp³-hybridized carbons (Fsp3) is 0.581. The van der Waals surface area contributed by atoms with Gasteiger partial charge in [0.2, 0.25) is 0 Å². The number of benzene rings is 1. The Morgan fingerprint density at radius 1 is 1.00 bits per heavy atom. The number of anilines is 1. The molecule has 2 rings (SSSR count). The van der Waals surface area contributed by atoms with Crippen molar-refractivity contribution in [2.75, 3.05) is 25.1 Å². The molecular weight excluding hydrogens is 416 g/mol. The second-order valence-corrected chi connectivity index (χ2v) is 10.4. The molecule has 186 valence electrons. The minimum atomic E-state index is 0.158. The molecule has 1 aromatic carbocycles. The van der Waals surface area contributed by atoms with Gasteiger partial charge in [0.05, 0.1) is 13.2 Å². The summed E-state index contributed by atoms with van der Waals surface area (Å²) in [5.74, 6) is 0.922. The zero-order valence-electron chi connectivity index (χ0n) is 22.5. The molecule has 3 heteroatoms. The molecule has 0 bridgehead atoms. The summed E-state index contributed by atoms with van der Waals surface area (Å²) in [6, 6.07) is 8.93. The van der Waals surface area contributed by atoms with E-state index in [0.717, 1.165) is 56.5 Å². The van der Waals surface area contributed by atoms with Crippen LogP contribution < -0.4 is 9.64 Å². The van der Waals surface area contributed by atoms with Gasteiger partial charge in [0.25, 0.3) is 0 Å². The van der Waals surface area contributed by atoms with Crippen molar-refractivity contribution < 1.29 is 4.74 Å². The van der Waals surface area contributed by atoms with Gasteiger partial charge in [-0.3, -0.25) is 0 Å². The fourth-order valence-corrected chi connectivity index (χ4v) is 4.86. The Kier molecular flexibility index (Phi) is 11.5. The monoisotopic (exact) mass is 462 g/mol. The van der Waals surface area contributed by atoms with Crippen LogP contribution in [0.4, 0.5) is 5.69 Å². The second kappa shape index (κ2) is 14.1. The molecule has 0 heterocycles. The fourth-order valence-electron chi connectivity index (χ4n) is 4.86. The van der Waals surface area contributed by atoms with Crippen LogP contribution in [0, 0.1) is 16.7 Å². The van der Waals surface area contributed by atoms with Crippen molar-refractivity contribution in [2.24, 2.45) is 5.41 Å². The number of ether oxygens (including phenoxy) is 1. The van der Waals surface area contributed by atoms with Gasteiger partial charge in [-0.05, 0) is 72.8 Å². The van der Waals surface area contributed by atoms with E-state index in [1.54, 1.807) is 13.2 Å². The molecular formula is C31H46N2O. The maximum absolute atomic E-state index is 9.39. The first-order valence-electron chi connectivity index (χ1n) is 13.3. The number of unbranched alkanes of at least 4 members (excludes halogenated alkanes) is 3. The summed E-state index contributed by atoms with van der Waals surface area (Å²) >= 11 is 0. The van der Waals surface area contributed by atoms with Gasteiger partial charge < -0.3 is 9.64 Å². The van der Waals surface area contributed by atoms with Gasteiger partial charge in [0.1, 0.15) is 5.75 Å². The molecule has 0 saturated carbocycles. The SMILES string of the molecule is CCCCC1=C(/C=C/c2ccc(N(CCCC)CCCC)cc2OC)CC(C)(C)C/C1=C\C#N. The van der Waals surface area contributed by atoms with Gasteiger partial charge in [0, 0.05) is 36.5 Å². The Hall–Kier alpha value is -2.47. The third-order valence-electron chi connectivity index (χ3n) is 6.74. The number of nitriles is 1. The van der Waals surface area contributed by atoms with Gasteiger partial charge in [-0.1, -0.05) is 66.0 Å². The lowest BCUT2D eigenvalue weighted by atomic mass is 9.70. The maximum atomic E-state index is 9.39. The first kappa shape index (κ1) is 27.8. The molecule has 0 spiro atoms. The summed E-state index contributed by atoms with van der Waals surface area (Å²) in [7, 11) is 1.77. The summed E-state index contributed by atoms with van der Waals surface area (Å²) in [4.78, 5) is 2.50. The van der Waals surface area contributed by atoms with E-state index in [2.05, 4.69) is 75.9 Å². The molecule has 0 aromatic heterocycles. The zero-order valence-corrected chi connectivity index (χ0v) is 22.5. The third kappa shape index (κ3) is 8.08. The molecule has 34 heavy (non-hydrogen) atoms. The Balaban J connectivity index is 2.40. The highest BCUT2D eigenvalue weighted by Gasteiger charge is 2.29. The van der Waals surface area contributed by atoms with E-state index in [-0.39, 0.29) is 5.41 Å². The molecule has 0 atom stereocenters. The topological polar surface area (TPSA) is 36.3 Å². The van der Waals surface area contributed by atoms with Crippen LogP contribution >= 0.6 is 0 Å². The highest BCUT2D eigenvalue weighted by Crippen LogP contribution is 2.44. The average Bonchev–Trinajstić information content (AvgIpc) is 2.82. The molecule has 0 amide bonds. The molecule has 3 nitrogen and oxygen atoms in total. The lowest BCUT2D eigenvalue weighted by Crippen LogP contribution is -2.25. The zero-order chi connectivity index (χ0) is 25.0. The highest BCUT2D eigenvalue weighted by molar-refractivity contribution is 5.66. The van der Waals surface area contributed by atoms with Crippen LogP contribution in [0.15, 0.2) is 47.1 Å². The first-order chi connectivity index (χ1) is 16.4. The van der Waals surface area contributed by atoms with E-state index < -0.39 is 0 Å². The number of nitrogens with zero attached hydrogens (tertiary/aromatic N) is 2. The van der Waals surface area contributed by atoms with E-state index in [4.69, 9.17) is 4.74 Å². The predicted molar refractivity (Wildman–Crippen MR) is 147 cm³/mol. The predicted octanol–water partition coefficient (Wildman–Crippen LogP) is 8.87. The van der Waals surface area contributed by atoms with Gasteiger partial charge in [-0.2, -0.15) is 5.26 Å². The highest BCUT2D eigenvalue weighted by atomic mass is 16.5. The third-order valence-corrected chi connectivity index (χ3v) is 6.74. The Morgan fingerprint density at radius 3 is 2.26 bits per heavy atom. The van der Waals surface area contributed by atoms with Crippen LogP contribution in [-0.2, 0) is 0 Å². The smallest absolute Gasteiger partial charge is 0.128 e. The van der Waals surface area contributed by atoms with Crippen molar-refractivity contribution >= 4 is 11.8 Å². The summed E-state index contributed by atoms with van der Waals surface area (Å²) in [5.41, 5.74) is 6.47. The molecule has 0 N–H and O–H groups in total. The molecule has 0 unspecified atom stereocenters. The largest absolute Gasteiger partial charge is 0.496 e. The summed E-state index contributed by atoms with van der Waals surface area (Å²) in [6.07, 6.45) is 16.4. The number of methoxy groups -OCH3 is 1. The van der Waals surface area contributed by atoms with Gasteiger partial charge in [0.15, 0.2) is 0 Å². The van der Waals surface area contributed by atoms with E-state index in [0.29, 0.717) is 0 Å². The van der Waals surface area contributed by atoms with E-state index >= 15 is 0 Å². The van der Waals surface area contributed by atoms with Crippen molar-refractivity contribution in [2.45, 2.75) is 92.4 Å². The maximum Gasteiger partial charge on any atom is 0.128 e. The summed E-state index contributed by atoms with van der Waals surface area (Å²) in [6.45, 7) is 13.5. The number of hydrogen-bond donors (Lipinski definition) is 0. The van der Waals surface area contributed by atoms with E-state index in [1.165, 1.54) is 48.1 Å². The normalized spacial score (nSPS) is 16.8. The quantitative estimate of drug-likeness (QED) is 0.275. The van der Waals surface area contributed by atoms with Gasteiger partial charge in [-0.15, -0.1) is 0 Å². The van der Waals surface area contributed by atoms with E-state index in [9.17, 15) is 5.26 Å². The second-order valence-electron chi connectivity index (χ2n) is 10.4. The van der Waals surface area contributed by atoms with Crippen molar-refractivity contribution in [1.29, 1.82) is 5.26 Å². The van der Waals surface area contributed by atoms with E-state index in [1.807, 2.05) is 0 Å². The molecule has 0 aliphatic heterocycles. The minimum absolute atomic E-state index is 0.158. The molecule has 1 aliphatic carbocycles. The van der Waals surface area contributed by atoms with Crippen LogP contribution in [0.2, 0.25) is 0 Å². The molecule has 1 aromatic rings. The minimum Gasteiger partial charge on any atom is -0.496 e. The molecule has 0 fully saturated rings. The van der Waals surface area contributed by atoms with Crippen LogP contribution in [0.25, 0.3) is 6.08 Å². The van der Waals surface area contributed by atoms with Crippen molar-refractivity contribution in [3.8, 4) is 11.8 Å². The van der Waals surface area contributed by atoms with Gasteiger partial charge >= 0.3 is 0 Å². The van der Waals surface area contributed by atoms with Crippen LogP contribution in [-0.4, -0.2) is 20.2 Å². The number of hydrogen-bond acceptors (Lipinski definition) is 3. The molecule has 0 radical (unpaired) electrons. The van der Waals surface area contributed by atoms with Crippen LogP contribution in [0.1, 0.15) is 98.0 Å². The summed E-state index contributed by atoms with van der Waals surface area (Å²) < 4.78 is 5.83. The Bertz CT molecular complexity index is 906. The van der Waals surface area contributed by atoms with Crippen molar-refractivity contribution in [3.63, 3.8) is 0 Å². The molecule has 1 aliphatic rings. The lowest BCUT2D eigenvalue weighted by Gasteiger charge is -2.34. The standard InChI is InChI=1S/C31H46N2O/c1-7-10-13-29-26(23-31(4,5)24-27(29)18-19-32)15-14-25-16-17-28(22-30(25)34-6)33(20-11-8-2)21-12-9-3/h14-18,22H,7-13,20-21,23-24H2,1-6H3/b15-14+,27-18+. The number of rotatable bonds is 13. The van der Waals surface area contributed by atoms with Crippen LogP contribution in [0.5, 0.6) is 5.75 Å². The average molecular weight is 463 g/mol. The summed E-state index contributed by atoms with van der Waals surface area (Å²) in [5, 5.41) is 9.39. The Morgan fingerprint density at radius 2 is 1.68 bits per heavy atom. The van der Waals surface area contributed by atoms with Crippen molar-refractivity contribution in [3.05, 3.63) is 52.6 Å². The van der Waals surface area contributed by atoms with Gasteiger partial charge in [-0.25, -0.2) is 0 Å².